The molecule has 0 aliphatic heterocycles. The van der Waals surface area contributed by atoms with Gasteiger partial charge < -0.3 is 5.32 Å². The Labute approximate surface area is 124 Å². The smallest absolute Gasteiger partial charge is 0.263 e. The molecule has 0 aliphatic carbocycles. The number of nitrogens with zero attached hydrogens (tertiary/aromatic N) is 1. The summed E-state index contributed by atoms with van der Waals surface area (Å²) in [5.74, 6) is -0.126. The third kappa shape index (κ3) is 3.07. The van der Waals surface area contributed by atoms with Gasteiger partial charge in [-0.05, 0) is 40.2 Å². The van der Waals surface area contributed by atoms with E-state index in [1.165, 1.54) is 30.5 Å². The molecular weight excluding hydrogens is 349 g/mol. The van der Waals surface area contributed by atoms with Crippen molar-refractivity contribution in [3.63, 3.8) is 0 Å². The molecule has 0 amide bonds. The Hall–Kier alpha value is -1.67. The lowest BCUT2D eigenvalue weighted by molar-refractivity contribution is 0.598. The minimum Gasteiger partial charge on any atom is -0.373 e. The lowest BCUT2D eigenvalue weighted by Gasteiger charge is -2.10. The second-order valence-corrected chi connectivity index (χ2v) is 6.37. The van der Waals surface area contributed by atoms with Crippen molar-refractivity contribution in [2.45, 2.75) is 4.90 Å². The molecule has 0 fully saturated rings. The minimum atomic E-state index is -3.89. The maximum atomic E-state index is 13.6. The molecule has 0 saturated carbocycles. The van der Waals surface area contributed by atoms with Crippen LogP contribution in [0.1, 0.15) is 0 Å². The first kappa shape index (κ1) is 14.7. The van der Waals surface area contributed by atoms with Gasteiger partial charge in [0.2, 0.25) is 0 Å². The van der Waals surface area contributed by atoms with E-state index < -0.39 is 15.8 Å². The predicted molar refractivity (Wildman–Crippen MR) is 78.7 cm³/mol. The van der Waals surface area contributed by atoms with E-state index in [4.69, 9.17) is 0 Å². The van der Waals surface area contributed by atoms with Crippen LogP contribution in [0.25, 0.3) is 0 Å². The Kier molecular flexibility index (Phi) is 4.24. The highest BCUT2D eigenvalue weighted by atomic mass is 79.9. The molecule has 106 valence electrons. The highest BCUT2D eigenvalue weighted by Gasteiger charge is 2.18. The van der Waals surface area contributed by atoms with Crippen LogP contribution in [0.2, 0.25) is 0 Å². The van der Waals surface area contributed by atoms with E-state index in [1.54, 1.807) is 13.1 Å². The maximum Gasteiger partial charge on any atom is 0.263 e. The van der Waals surface area contributed by atoms with E-state index >= 15 is 0 Å². The molecule has 0 aliphatic rings. The van der Waals surface area contributed by atoms with Gasteiger partial charge in [0.1, 0.15) is 16.5 Å². The number of benzene rings is 1. The molecule has 2 rings (SSSR count). The van der Waals surface area contributed by atoms with E-state index in [0.29, 0.717) is 10.3 Å². The highest BCUT2D eigenvalue weighted by Crippen LogP contribution is 2.27. The summed E-state index contributed by atoms with van der Waals surface area (Å²) in [6.07, 6.45) is 1.20. The van der Waals surface area contributed by atoms with Crippen molar-refractivity contribution in [3.05, 3.63) is 46.8 Å². The largest absolute Gasteiger partial charge is 0.373 e. The van der Waals surface area contributed by atoms with Crippen molar-refractivity contribution < 1.29 is 12.8 Å². The van der Waals surface area contributed by atoms with Gasteiger partial charge in [-0.25, -0.2) is 17.8 Å². The van der Waals surface area contributed by atoms with Crippen LogP contribution in [-0.2, 0) is 10.0 Å². The van der Waals surface area contributed by atoms with Gasteiger partial charge in [0, 0.05) is 17.7 Å². The van der Waals surface area contributed by atoms with Crippen molar-refractivity contribution in [1.29, 1.82) is 0 Å². The van der Waals surface area contributed by atoms with Crippen LogP contribution in [0.15, 0.2) is 45.9 Å². The molecule has 2 aromatic rings. The Morgan fingerprint density at radius 3 is 2.55 bits per heavy atom. The molecule has 0 radical (unpaired) electrons. The number of halogens is 2. The third-order valence-electron chi connectivity index (χ3n) is 2.50. The fourth-order valence-electron chi connectivity index (χ4n) is 1.48. The molecule has 2 N–H and O–H groups in total. The molecule has 1 aromatic heterocycles. The molecule has 0 bridgehead atoms. The quantitative estimate of drug-likeness (QED) is 0.880. The van der Waals surface area contributed by atoms with Crippen molar-refractivity contribution in [1.82, 2.24) is 4.98 Å². The van der Waals surface area contributed by atoms with Gasteiger partial charge in [-0.3, -0.25) is 4.72 Å². The van der Waals surface area contributed by atoms with E-state index in [0.717, 1.165) is 0 Å². The SMILES string of the molecule is CNc1ccc(S(=O)(=O)Nc2c(F)cccc2Br)cn1. The standard InChI is InChI=1S/C12H11BrFN3O2S/c1-15-11-6-5-8(7-16-11)20(18,19)17-12-9(13)3-2-4-10(12)14/h2-7,17H,1H3,(H,15,16). The van der Waals surface area contributed by atoms with Gasteiger partial charge in [-0.15, -0.1) is 0 Å². The first-order chi connectivity index (χ1) is 9.44. The summed E-state index contributed by atoms with van der Waals surface area (Å²) in [5, 5.41) is 2.78. The molecule has 1 aromatic carbocycles. The summed E-state index contributed by atoms with van der Waals surface area (Å²) in [5.41, 5.74) is -0.134. The van der Waals surface area contributed by atoms with E-state index in [-0.39, 0.29) is 10.6 Å². The predicted octanol–water partition coefficient (Wildman–Crippen LogP) is 2.83. The Balaban J connectivity index is 2.35. The molecule has 0 unspecified atom stereocenters. The van der Waals surface area contributed by atoms with Gasteiger partial charge >= 0.3 is 0 Å². The van der Waals surface area contributed by atoms with E-state index in [1.807, 2.05) is 0 Å². The van der Waals surface area contributed by atoms with Crippen LogP contribution in [0.4, 0.5) is 15.9 Å². The molecule has 0 spiro atoms. The van der Waals surface area contributed by atoms with Crippen LogP contribution in [0, 0.1) is 5.82 Å². The van der Waals surface area contributed by atoms with Gasteiger partial charge in [0.15, 0.2) is 0 Å². The van der Waals surface area contributed by atoms with Crippen LogP contribution in [0.3, 0.4) is 0 Å². The molecule has 0 saturated heterocycles. The van der Waals surface area contributed by atoms with Crippen molar-refractivity contribution in [2.75, 3.05) is 17.1 Å². The van der Waals surface area contributed by atoms with Crippen molar-refractivity contribution in [2.24, 2.45) is 0 Å². The van der Waals surface area contributed by atoms with E-state index in [2.05, 4.69) is 31.0 Å². The summed E-state index contributed by atoms with van der Waals surface area (Å²) in [7, 11) is -2.22. The number of hydrogen-bond donors (Lipinski definition) is 2. The summed E-state index contributed by atoms with van der Waals surface area (Å²) < 4.78 is 40.4. The topological polar surface area (TPSA) is 71.1 Å². The number of hydrogen-bond acceptors (Lipinski definition) is 4. The lowest BCUT2D eigenvalue weighted by atomic mass is 10.3. The molecule has 0 atom stereocenters. The van der Waals surface area contributed by atoms with E-state index in [9.17, 15) is 12.8 Å². The summed E-state index contributed by atoms with van der Waals surface area (Å²) in [6.45, 7) is 0. The number of sulfonamides is 1. The highest BCUT2D eigenvalue weighted by molar-refractivity contribution is 9.10. The zero-order valence-corrected chi connectivity index (χ0v) is 12.8. The van der Waals surface area contributed by atoms with Crippen LogP contribution in [0.5, 0.6) is 0 Å². The lowest BCUT2D eigenvalue weighted by Crippen LogP contribution is -2.14. The molecule has 8 heteroatoms. The minimum absolute atomic E-state index is 0.0494. The number of nitrogens with one attached hydrogen (secondary N) is 2. The first-order valence-corrected chi connectivity index (χ1v) is 7.82. The zero-order valence-electron chi connectivity index (χ0n) is 10.4. The zero-order chi connectivity index (χ0) is 14.8. The number of para-hydroxylation sites is 1. The fourth-order valence-corrected chi connectivity index (χ4v) is 3.08. The number of rotatable bonds is 4. The first-order valence-electron chi connectivity index (χ1n) is 5.54. The normalized spacial score (nSPS) is 11.2. The van der Waals surface area contributed by atoms with Crippen LogP contribution in [-0.4, -0.2) is 20.4 Å². The second-order valence-electron chi connectivity index (χ2n) is 3.83. The second kappa shape index (κ2) is 5.76. The fraction of sp³-hybridized carbons (Fsp3) is 0.0833. The molecule has 1 heterocycles. The van der Waals surface area contributed by atoms with Gasteiger partial charge in [-0.1, -0.05) is 6.07 Å². The summed E-state index contributed by atoms with van der Waals surface area (Å²) in [4.78, 5) is 3.86. The van der Waals surface area contributed by atoms with Crippen LogP contribution < -0.4 is 10.0 Å². The van der Waals surface area contributed by atoms with Gasteiger partial charge in [0.05, 0.1) is 5.69 Å². The average molecular weight is 360 g/mol. The number of pyridine rings is 1. The Bertz CT molecular complexity index is 700. The van der Waals surface area contributed by atoms with Crippen LogP contribution >= 0.6 is 15.9 Å². The Morgan fingerprint density at radius 2 is 2.00 bits per heavy atom. The van der Waals surface area contributed by atoms with Crippen molar-refractivity contribution >= 4 is 37.5 Å². The molecule has 5 nitrogen and oxygen atoms in total. The summed E-state index contributed by atoms with van der Waals surface area (Å²) >= 11 is 3.10. The number of anilines is 2. The van der Waals surface area contributed by atoms with Crippen molar-refractivity contribution in [3.8, 4) is 0 Å². The summed E-state index contributed by atoms with van der Waals surface area (Å²) in [6, 6.07) is 7.09. The average Bonchev–Trinajstić information content (AvgIpc) is 2.43. The number of aromatic nitrogens is 1. The molecular formula is C12H11BrFN3O2S. The van der Waals surface area contributed by atoms with Gasteiger partial charge in [0.25, 0.3) is 10.0 Å². The monoisotopic (exact) mass is 359 g/mol. The molecule has 20 heavy (non-hydrogen) atoms. The van der Waals surface area contributed by atoms with Gasteiger partial charge in [-0.2, -0.15) is 0 Å². The third-order valence-corrected chi connectivity index (χ3v) is 4.50. The Morgan fingerprint density at radius 1 is 1.25 bits per heavy atom. The maximum absolute atomic E-state index is 13.6.